The second-order valence-electron chi connectivity index (χ2n) is 4.48. The zero-order chi connectivity index (χ0) is 13.1. The molecule has 4 nitrogen and oxygen atoms in total. The van der Waals surface area contributed by atoms with Gasteiger partial charge in [-0.15, -0.1) is 0 Å². The molecule has 0 heterocycles. The number of aliphatic carboxylic acids is 1. The second-order valence-corrected chi connectivity index (χ2v) is 4.91. The van der Waals surface area contributed by atoms with Crippen LogP contribution in [0.25, 0.3) is 0 Å². The molecule has 1 saturated carbocycles. The largest absolute Gasteiger partial charge is 0.481 e. The highest BCUT2D eigenvalue weighted by Crippen LogP contribution is 2.34. The fraction of sp³-hybridized carbons (Fsp3) is 0.385. The van der Waals surface area contributed by atoms with Crippen molar-refractivity contribution in [2.45, 2.75) is 19.4 Å². The van der Waals surface area contributed by atoms with Gasteiger partial charge < -0.3 is 10.4 Å². The predicted molar refractivity (Wildman–Crippen MR) is 67.1 cm³/mol. The first kappa shape index (κ1) is 12.9. The zero-order valence-electron chi connectivity index (χ0n) is 9.73. The SMILES string of the molecule is O=C(O)C1CCC1C(=O)NCc1cccc(Cl)c1. The van der Waals surface area contributed by atoms with Gasteiger partial charge in [0, 0.05) is 11.6 Å². The number of hydrogen-bond donors (Lipinski definition) is 2. The molecule has 1 fully saturated rings. The fourth-order valence-electron chi connectivity index (χ4n) is 2.08. The highest BCUT2D eigenvalue weighted by atomic mass is 35.5. The van der Waals surface area contributed by atoms with Crippen LogP contribution in [0.15, 0.2) is 24.3 Å². The molecule has 2 N–H and O–H groups in total. The monoisotopic (exact) mass is 267 g/mol. The van der Waals surface area contributed by atoms with Gasteiger partial charge in [-0.05, 0) is 30.5 Å². The number of amides is 1. The number of carboxylic acid groups (broad SMARTS) is 1. The Kier molecular flexibility index (Phi) is 3.87. The van der Waals surface area contributed by atoms with Crippen molar-refractivity contribution >= 4 is 23.5 Å². The molecule has 1 amide bonds. The summed E-state index contributed by atoms with van der Waals surface area (Å²) in [7, 11) is 0. The molecule has 96 valence electrons. The minimum atomic E-state index is -0.885. The summed E-state index contributed by atoms with van der Waals surface area (Å²) in [5.41, 5.74) is 0.905. The predicted octanol–water partition coefficient (Wildman–Crippen LogP) is 2.07. The van der Waals surface area contributed by atoms with Crippen LogP contribution in [0.2, 0.25) is 5.02 Å². The van der Waals surface area contributed by atoms with E-state index < -0.39 is 11.9 Å². The topological polar surface area (TPSA) is 66.4 Å². The Morgan fingerprint density at radius 2 is 2.06 bits per heavy atom. The number of nitrogens with one attached hydrogen (secondary N) is 1. The normalized spacial score (nSPS) is 22.1. The molecular formula is C13H14ClNO3. The van der Waals surface area contributed by atoms with E-state index in [0.717, 1.165) is 5.56 Å². The van der Waals surface area contributed by atoms with E-state index >= 15 is 0 Å². The Hall–Kier alpha value is -1.55. The standard InChI is InChI=1S/C13H14ClNO3/c14-9-3-1-2-8(6-9)7-15-12(16)10-4-5-11(10)13(17)18/h1-3,6,10-11H,4-5,7H2,(H,15,16)(H,17,18). The van der Waals surface area contributed by atoms with Gasteiger partial charge in [-0.1, -0.05) is 23.7 Å². The number of rotatable bonds is 4. The molecule has 0 aliphatic heterocycles. The summed E-state index contributed by atoms with van der Waals surface area (Å²) < 4.78 is 0. The molecule has 2 atom stereocenters. The number of benzene rings is 1. The highest BCUT2D eigenvalue weighted by molar-refractivity contribution is 6.30. The maximum absolute atomic E-state index is 11.8. The summed E-state index contributed by atoms with van der Waals surface area (Å²) in [6, 6.07) is 7.21. The first-order valence-corrected chi connectivity index (χ1v) is 6.20. The summed E-state index contributed by atoms with van der Waals surface area (Å²) in [5.74, 6) is -1.98. The van der Waals surface area contributed by atoms with Gasteiger partial charge in [-0.3, -0.25) is 9.59 Å². The lowest BCUT2D eigenvalue weighted by Gasteiger charge is -2.31. The average molecular weight is 268 g/mol. The van der Waals surface area contributed by atoms with Crippen molar-refractivity contribution < 1.29 is 14.7 Å². The van der Waals surface area contributed by atoms with Crippen LogP contribution in [0.3, 0.4) is 0 Å². The van der Waals surface area contributed by atoms with Gasteiger partial charge in [-0.25, -0.2) is 0 Å². The Bertz CT molecular complexity index is 475. The van der Waals surface area contributed by atoms with Gasteiger partial charge in [0.05, 0.1) is 11.8 Å². The van der Waals surface area contributed by atoms with Gasteiger partial charge in [-0.2, -0.15) is 0 Å². The van der Waals surface area contributed by atoms with Gasteiger partial charge in [0.15, 0.2) is 0 Å². The molecule has 5 heteroatoms. The maximum Gasteiger partial charge on any atom is 0.307 e. The van der Waals surface area contributed by atoms with Crippen LogP contribution in [-0.2, 0) is 16.1 Å². The van der Waals surface area contributed by atoms with Crippen LogP contribution in [0.4, 0.5) is 0 Å². The lowest BCUT2D eigenvalue weighted by atomic mass is 9.73. The smallest absolute Gasteiger partial charge is 0.307 e. The van der Waals surface area contributed by atoms with E-state index in [-0.39, 0.29) is 11.8 Å². The van der Waals surface area contributed by atoms with Crippen molar-refractivity contribution in [1.82, 2.24) is 5.32 Å². The van der Waals surface area contributed by atoms with Gasteiger partial charge in [0.2, 0.25) is 5.91 Å². The molecule has 0 radical (unpaired) electrons. The van der Waals surface area contributed by atoms with Crippen molar-refractivity contribution in [2.24, 2.45) is 11.8 Å². The Morgan fingerprint density at radius 3 is 2.61 bits per heavy atom. The van der Waals surface area contributed by atoms with Crippen molar-refractivity contribution in [1.29, 1.82) is 0 Å². The first-order valence-electron chi connectivity index (χ1n) is 5.83. The summed E-state index contributed by atoms with van der Waals surface area (Å²) >= 11 is 5.84. The third kappa shape index (κ3) is 2.82. The maximum atomic E-state index is 11.8. The van der Waals surface area contributed by atoms with E-state index in [1.165, 1.54) is 0 Å². The molecule has 0 bridgehead atoms. The van der Waals surface area contributed by atoms with E-state index in [1.807, 2.05) is 12.1 Å². The molecular weight excluding hydrogens is 254 g/mol. The van der Waals surface area contributed by atoms with Crippen molar-refractivity contribution in [3.63, 3.8) is 0 Å². The van der Waals surface area contributed by atoms with Crippen molar-refractivity contribution in [3.8, 4) is 0 Å². The lowest BCUT2D eigenvalue weighted by molar-refractivity contribution is -0.152. The van der Waals surface area contributed by atoms with E-state index in [0.29, 0.717) is 24.4 Å². The van der Waals surface area contributed by atoms with Crippen LogP contribution >= 0.6 is 11.6 Å². The van der Waals surface area contributed by atoms with E-state index in [9.17, 15) is 9.59 Å². The van der Waals surface area contributed by atoms with Crippen molar-refractivity contribution in [2.75, 3.05) is 0 Å². The number of carboxylic acids is 1. The van der Waals surface area contributed by atoms with Crippen LogP contribution in [0, 0.1) is 11.8 Å². The average Bonchev–Trinajstić information content (AvgIpc) is 2.24. The van der Waals surface area contributed by atoms with Crippen LogP contribution in [0.5, 0.6) is 0 Å². The molecule has 18 heavy (non-hydrogen) atoms. The van der Waals surface area contributed by atoms with Crippen molar-refractivity contribution in [3.05, 3.63) is 34.9 Å². The van der Waals surface area contributed by atoms with E-state index in [2.05, 4.69) is 5.32 Å². The molecule has 2 rings (SSSR count). The molecule has 0 spiro atoms. The third-order valence-corrected chi connectivity index (χ3v) is 3.52. The Morgan fingerprint density at radius 1 is 1.33 bits per heavy atom. The highest BCUT2D eigenvalue weighted by Gasteiger charge is 2.41. The molecule has 2 unspecified atom stereocenters. The summed E-state index contributed by atoms with van der Waals surface area (Å²) in [6.45, 7) is 0.377. The number of carbonyl (C=O) groups excluding carboxylic acids is 1. The summed E-state index contributed by atoms with van der Waals surface area (Å²) in [6.07, 6.45) is 1.24. The first-order chi connectivity index (χ1) is 8.58. The quantitative estimate of drug-likeness (QED) is 0.878. The fourth-order valence-corrected chi connectivity index (χ4v) is 2.29. The summed E-state index contributed by atoms with van der Waals surface area (Å²) in [5, 5.41) is 12.2. The zero-order valence-corrected chi connectivity index (χ0v) is 10.5. The minimum absolute atomic E-state index is 0.186. The molecule has 1 aromatic carbocycles. The molecule has 1 aliphatic carbocycles. The van der Waals surface area contributed by atoms with Gasteiger partial charge >= 0.3 is 5.97 Å². The van der Waals surface area contributed by atoms with Gasteiger partial charge in [0.1, 0.15) is 0 Å². The minimum Gasteiger partial charge on any atom is -0.481 e. The van der Waals surface area contributed by atoms with E-state index in [4.69, 9.17) is 16.7 Å². The summed E-state index contributed by atoms with van der Waals surface area (Å²) in [4.78, 5) is 22.6. The van der Waals surface area contributed by atoms with Gasteiger partial charge in [0.25, 0.3) is 0 Å². The number of hydrogen-bond acceptors (Lipinski definition) is 2. The lowest BCUT2D eigenvalue weighted by Crippen LogP contribution is -2.43. The third-order valence-electron chi connectivity index (χ3n) is 3.28. The molecule has 1 aromatic rings. The molecule has 0 aromatic heterocycles. The second kappa shape index (κ2) is 5.40. The van der Waals surface area contributed by atoms with Crippen LogP contribution < -0.4 is 5.32 Å². The Balaban J connectivity index is 1.87. The number of halogens is 1. The molecule has 0 saturated heterocycles. The van der Waals surface area contributed by atoms with E-state index in [1.54, 1.807) is 12.1 Å². The Labute approximate surface area is 110 Å². The van der Waals surface area contributed by atoms with Crippen LogP contribution in [-0.4, -0.2) is 17.0 Å². The van der Waals surface area contributed by atoms with Crippen LogP contribution in [0.1, 0.15) is 18.4 Å². The molecule has 1 aliphatic rings. The number of carbonyl (C=O) groups is 2.